The van der Waals surface area contributed by atoms with Gasteiger partial charge in [0.15, 0.2) is 6.20 Å². The fourth-order valence-corrected chi connectivity index (χ4v) is 6.43. The number of furan rings is 1. The maximum atomic E-state index is 6.55. The highest BCUT2D eigenvalue weighted by molar-refractivity contribution is 6.13. The molecule has 2 nitrogen and oxygen atoms in total. The van der Waals surface area contributed by atoms with Gasteiger partial charge >= 0.3 is 0 Å². The SMILES string of the molecule is Cc1cc2c(oc3ccccc32)c(-c2c3ccc4c(c3cc[n+]2C)C(C)(C)c2ccccc2-4)c1C. The van der Waals surface area contributed by atoms with E-state index >= 15 is 0 Å². The summed E-state index contributed by atoms with van der Waals surface area (Å²) in [6, 6.07) is 26.5. The number of nitrogens with zero attached hydrogens (tertiary/aromatic N) is 1. The Morgan fingerprint density at radius 3 is 2.37 bits per heavy atom. The summed E-state index contributed by atoms with van der Waals surface area (Å²) in [5.41, 5.74) is 12.3. The number of fused-ring (bicyclic) bond motifs is 8. The zero-order chi connectivity index (χ0) is 24.1. The van der Waals surface area contributed by atoms with E-state index in [2.05, 4.69) is 112 Å². The van der Waals surface area contributed by atoms with Gasteiger partial charge < -0.3 is 4.42 Å². The minimum Gasteiger partial charge on any atom is -0.455 e. The van der Waals surface area contributed by atoms with Crippen LogP contribution in [-0.2, 0) is 12.5 Å². The van der Waals surface area contributed by atoms with Crippen LogP contribution >= 0.6 is 0 Å². The lowest BCUT2D eigenvalue weighted by atomic mass is 9.80. The molecule has 2 aromatic heterocycles. The van der Waals surface area contributed by atoms with E-state index in [1.165, 1.54) is 66.2 Å². The van der Waals surface area contributed by atoms with Crippen molar-refractivity contribution in [2.75, 3.05) is 0 Å². The molecule has 0 unspecified atom stereocenters. The van der Waals surface area contributed by atoms with Crippen molar-refractivity contribution in [2.45, 2.75) is 33.1 Å². The smallest absolute Gasteiger partial charge is 0.224 e. The summed E-state index contributed by atoms with van der Waals surface area (Å²) in [6.45, 7) is 9.16. The third-order valence-corrected chi connectivity index (χ3v) is 8.26. The average molecular weight is 455 g/mol. The number of hydrogen-bond acceptors (Lipinski definition) is 1. The van der Waals surface area contributed by atoms with Crippen molar-refractivity contribution in [3.63, 3.8) is 0 Å². The Labute approximate surface area is 205 Å². The molecule has 6 aromatic rings. The molecule has 0 bridgehead atoms. The minimum absolute atomic E-state index is 0.0566. The van der Waals surface area contributed by atoms with Crippen LogP contribution in [0.1, 0.15) is 36.1 Å². The molecule has 35 heavy (non-hydrogen) atoms. The molecular weight excluding hydrogens is 426 g/mol. The minimum atomic E-state index is -0.0566. The number of benzene rings is 4. The molecular formula is C33H28NO+. The first-order chi connectivity index (χ1) is 16.9. The predicted molar refractivity (Wildman–Crippen MR) is 145 cm³/mol. The first-order valence-electron chi connectivity index (χ1n) is 12.4. The van der Waals surface area contributed by atoms with Crippen LogP contribution in [-0.4, -0.2) is 0 Å². The van der Waals surface area contributed by atoms with Gasteiger partial charge in [0, 0.05) is 22.3 Å². The Kier molecular flexibility index (Phi) is 3.99. The van der Waals surface area contributed by atoms with Gasteiger partial charge in [-0.2, -0.15) is 0 Å². The van der Waals surface area contributed by atoms with Gasteiger partial charge in [0.2, 0.25) is 5.69 Å². The van der Waals surface area contributed by atoms with Crippen molar-refractivity contribution in [3.8, 4) is 22.4 Å². The standard InChI is InChI=1S/C33H28NO/c1-19-18-26-22-11-7-9-13-28(22)35-32(26)29(20(19)2)31-25-15-14-23-21-10-6-8-12-27(21)33(3,4)30(23)24(25)16-17-34(31)5/h6-18H,1-5H3/q+1. The lowest BCUT2D eigenvalue weighted by molar-refractivity contribution is -0.659. The molecule has 0 amide bonds. The van der Waals surface area contributed by atoms with Crippen LogP contribution in [0.4, 0.5) is 0 Å². The van der Waals surface area contributed by atoms with Gasteiger partial charge in [-0.15, -0.1) is 0 Å². The summed E-state index contributed by atoms with van der Waals surface area (Å²) in [5.74, 6) is 0. The van der Waals surface area contributed by atoms with Crippen LogP contribution in [0.15, 0.2) is 83.4 Å². The van der Waals surface area contributed by atoms with E-state index < -0.39 is 0 Å². The van der Waals surface area contributed by atoms with E-state index in [1.807, 2.05) is 6.07 Å². The van der Waals surface area contributed by atoms with Crippen LogP contribution in [0.25, 0.3) is 55.1 Å². The number of pyridine rings is 1. The fourth-order valence-electron chi connectivity index (χ4n) is 6.43. The molecule has 0 saturated heterocycles. The van der Waals surface area contributed by atoms with Crippen LogP contribution in [0.5, 0.6) is 0 Å². The summed E-state index contributed by atoms with van der Waals surface area (Å²) >= 11 is 0. The Hall–Kier alpha value is -3.91. The summed E-state index contributed by atoms with van der Waals surface area (Å²) in [5, 5.41) is 4.95. The normalized spacial score (nSPS) is 14.1. The second-order valence-electron chi connectivity index (χ2n) is 10.6. The van der Waals surface area contributed by atoms with E-state index in [4.69, 9.17) is 4.42 Å². The first-order valence-corrected chi connectivity index (χ1v) is 12.4. The van der Waals surface area contributed by atoms with Crippen molar-refractivity contribution >= 4 is 32.7 Å². The quantitative estimate of drug-likeness (QED) is 0.229. The van der Waals surface area contributed by atoms with Crippen LogP contribution in [0, 0.1) is 13.8 Å². The lowest BCUT2D eigenvalue weighted by Gasteiger charge is -2.23. The second-order valence-corrected chi connectivity index (χ2v) is 10.6. The third kappa shape index (κ3) is 2.57. The molecule has 0 radical (unpaired) electrons. The van der Waals surface area contributed by atoms with Gasteiger partial charge in [0.1, 0.15) is 18.2 Å². The first kappa shape index (κ1) is 20.5. The molecule has 2 heterocycles. The van der Waals surface area contributed by atoms with E-state index in [1.54, 1.807) is 0 Å². The summed E-state index contributed by atoms with van der Waals surface area (Å²) < 4.78 is 8.81. The second kappa shape index (κ2) is 6.82. The molecule has 0 fully saturated rings. The van der Waals surface area contributed by atoms with Crippen LogP contribution in [0.3, 0.4) is 0 Å². The summed E-state index contributed by atoms with van der Waals surface area (Å²) in [6.07, 6.45) is 2.22. The predicted octanol–water partition coefficient (Wildman–Crippen LogP) is 8.15. The molecule has 0 N–H and O–H groups in total. The molecule has 0 aliphatic heterocycles. The highest BCUT2D eigenvalue weighted by atomic mass is 16.3. The van der Waals surface area contributed by atoms with E-state index in [0.29, 0.717) is 0 Å². The number of hydrogen-bond donors (Lipinski definition) is 0. The fraction of sp³-hybridized carbons (Fsp3) is 0.182. The van der Waals surface area contributed by atoms with Gasteiger partial charge in [0.25, 0.3) is 0 Å². The highest BCUT2D eigenvalue weighted by Gasteiger charge is 2.38. The Morgan fingerprint density at radius 1 is 0.743 bits per heavy atom. The number of aromatic nitrogens is 1. The van der Waals surface area contributed by atoms with E-state index in [9.17, 15) is 0 Å². The largest absolute Gasteiger partial charge is 0.455 e. The van der Waals surface area contributed by atoms with Crippen molar-refractivity contribution < 1.29 is 8.98 Å². The zero-order valence-corrected chi connectivity index (χ0v) is 20.9. The Balaban J connectivity index is 1.63. The van der Waals surface area contributed by atoms with Gasteiger partial charge in [-0.3, -0.25) is 0 Å². The van der Waals surface area contributed by atoms with Gasteiger partial charge in [0.05, 0.1) is 10.9 Å². The zero-order valence-electron chi connectivity index (χ0n) is 20.9. The van der Waals surface area contributed by atoms with Crippen LogP contribution < -0.4 is 4.57 Å². The molecule has 7 rings (SSSR count). The topological polar surface area (TPSA) is 17.0 Å². The van der Waals surface area contributed by atoms with Gasteiger partial charge in [-0.1, -0.05) is 62.4 Å². The number of aryl methyl sites for hydroxylation is 2. The Bertz CT molecular complexity index is 1850. The molecule has 0 atom stereocenters. The monoisotopic (exact) mass is 454 g/mol. The maximum absolute atomic E-state index is 6.55. The average Bonchev–Trinajstić information content (AvgIpc) is 3.33. The lowest BCUT2D eigenvalue weighted by Crippen LogP contribution is -2.31. The van der Waals surface area contributed by atoms with E-state index in [0.717, 1.165) is 11.2 Å². The number of rotatable bonds is 1. The summed E-state index contributed by atoms with van der Waals surface area (Å²) in [4.78, 5) is 0. The van der Waals surface area contributed by atoms with Crippen molar-refractivity contribution in [2.24, 2.45) is 7.05 Å². The molecule has 170 valence electrons. The molecule has 2 heteroatoms. The molecule has 1 aliphatic rings. The molecule has 1 aliphatic carbocycles. The third-order valence-electron chi connectivity index (χ3n) is 8.26. The van der Waals surface area contributed by atoms with Crippen molar-refractivity contribution in [1.29, 1.82) is 0 Å². The Morgan fingerprint density at radius 2 is 1.51 bits per heavy atom. The van der Waals surface area contributed by atoms with Gasteiger partial charge in [-0.25, -0.2) is 4.57 Å². The summed E-state index contributed by atoms with van der Waals surface area (Å²) in [7, 11) is 2.15. The molecule has 0 spiro atoms. The highest BCUT2D eigenvalue weighted by Crippen LogP contribution is 2.52. The number of para-hydroxylation sites is 1. The molecule has 4 aromatic carbocycles. The van der Waals surface area contributed by atoms with Crippen molar-refractivity contribution in [1.82, 2.24) is 0 Å². The van der Waals surface area contributed by atoms with Crippen LogP contribution in [0.2, 0.25) is 0 Å². The maximum Gasteiger partial charge on any atom is 0.224 e. The van der Waals surface area contributed by atoms with Crippen molar-refractivity contribution in [3.05, 3.63) is 101 Å². The van der Waals surface area contributed by atoms with Gasteiger partial charge in [-0.05, 0) is 70.8 Å². The van der Waals surface area contributed by atoms with E-state index in [-0.39, 0.29) is 5.41 Å². The molecule has 0 saturated carbocycles.